The van der Waals surface area contributed by atoms with E-state index in [-0.39, 0.29) is 5.91 Å². The van der Waals surface area contributed by atoms with Crippen LogP contribution in [0, 0.1) is 0 Å². The van der Waals surface area contributed by atoms with Crippen molar-refractivity contribution >= 4 is 22.6 Å². The number of aromatic nitrogens is 2. The van der Waals surface area contributed by atoms with Gasteiger partial charge in [0.2, 0.25) is 5.13 Å². The Kier molecular flexibility index (Phi) is 7.29. The third-order valence-corrected chi connectivity index (χ3v) is 6.42. The van der Waals surface area contributed by atoms with Gasteiger partial charge in [-0.15, -0.1) is 0 Å². The quantitative estimate of drug-likeness (QED) is 0.525. The molecule has 0 aliphatic carbocycles. The van der Waals surface area contributed by atoms with Gasteiger partial charge in [0.25, 0.3) is 5.91 Å². The summed E-state index contributed by atoms with van der Waals surface area (Å²) < 4.78 is 20.5. The SMILES string of the molecule is COc1cccc(Cc2nsc(N3CCCN(C(=O)c4cc(OC)cc(OC)c4)CC3)n2)c1. The molecule has 0 N–H and O–H groups in total. The van der Waals surface area contributed by atoms with Gasteiger partial charge in [-0.3, -0.25) is 4.79 Å². The minimum Gasteiger partial charge on any atom is -0.497 e. The normalized spacial score (nSPS) is 14.0. The van der Waals surface area contributed by atoms with Crippen molar-refractivity contribution in [2.75, 3.05) is 52.4 Å². The fourth-order valence-corrected chi connectivity index (χ4v) is 4.57. The molecule has 0 bridgehead atoms. The van der Waals surface area contributed by atoms with Crippen LogP contribution >= 0.6 is 11.5 Å². The zero-order chi connectivity index (χ0) is 23.2. The van der Waals surface area contributed by atoms with Crippen molar-refractivity contribution in [2.45, 2.75) is 12.8 Å². The highest BCUT2D eigenvalue weighted by Gasteiger charge is 2.23. The van der Waals surface area contributed by atoms with Crippen LogP contribution in [0.25, 0.3) is 0 Å². The molecular formula is C24H28N4O4S. The van der Waals surface area contributed by atoms with Crippen LogP contribution in [-0.4, -0.2) is 67.7 Å². The Morgan fingerprint density at radius 3 is 2.42 bits per heavy atom. The molecule has 2 aromatic carbocycles. The minimum absolute atomic E-state index is 0.0231. The van der Waals surface area contributed by atoms with Crippen LogP contribution in [0.3, 0.4) is 0 Å². The number of ether oxygens (including phenoxy) is 3. The number of amides is 1. The molecule has 0 spiro atoms. The zero-order valence-electron chi connectivity index (χ0n) is 19.1. The van der Waals surface area contributed by atoms with Crippen molar-refractivity contribution in [1.29, 1.82) is 0 Å². The molecule has 0 unspecified atom stereocenters. The molecule has 174 valence electrons. The first kappa shape index (κ1) is 22.8. The summed E-state index contributed by atoms with van der Waals surface area (Å²) in [6, 6.07) is 13.2. The summed E-state index contributed by atoms with van der Waals surface area (Å²) in [6.07, 6.45) is 1.52. The van der Waals surface area contributed by atoms with Crippen LogP contribution in [0.1, 0.15) is 28.2 Å². The molecule has 0 atom stereocenters. The summed E-state index contributed by atoms with van der Waals surface area (Å²) >= 11 is 1.41. The highest BCUT2D eigenvalue weighted by molar-refractivity contribution is 7.09. The number of hydrogen-bond donors (Lipinski definition) is 0. The van der Waals surface area contributed by atoms with Crippen LogP contribution in [0.5, 0.6) is 17.2 Å². The standard InChI is InChI=1S/C24H28N4O4S/c1-30-19-7-4-6-17(12-19)13-22-25-24(33-26-22)28-9-5-8-27(10-11-28)23(29)18-14-20(31-2)16-21(15-18)32-3/h4,6-7,12,14-16H,5,8-11,13H2,1-3H3. The van der Waals surface area contributed by atoms with Crippen molar-refractivity contribution in [1.82, 2.24) is 14.3 Å². The fourth-order valence-electron chi connectivity index (χ4n) is 3.84. The Labute approximate surface area is 197 Å². The number of carbonyl (C=O) groups is 1. The molecule has 1 saturated heterocycles. The Hall–Kier alpha value is -3.33. The summed E-state index contributed by atoms with van der Waals surface area (Å²) in [7, 11) is 4.82. The second-order valence-electron chi connectivity index (χ2n) is 7.76. The molecular weight excluding hydrogens is 440 g/mol. The lowest BCUT2D eigenvalue weighted by molar-refractivity contribution is 0.0766. The number of carbonyl (C=O) groups excluding carboxylic acids is 1. The number of benzene rings is 2. The molecule has 33 heavy (non-hydrogen) atoms. The molecule has 1 fully saturated rings. The lowest BCUT2D eigenvalue weighted by Gasteiger charge is -2.22. The van der Waals surface area contributed by atoms with Gasteiger partial charge in [-0.1, -0.05) is 12.1 Å². The lowest BCUT2D eigenvalue weighted by atomic mass is 10.1. The van der Waals surface area contributed by atoms with Crippen LogP contribution in [0.4, 0.5) is 5.13 Å². The highest BCUT2D eigenvalue weighted by Crippen LogP contribution is 2.25. The van der Waals surface area contributed by atoms with Crippen LogP contribution in [0.15, 0.2) is 42.5 Å². The van der Waals surface area contributed by atoms with E-state index in [0.29, 0.717) is 43.1 Å². The maximum atomic E-state index is 13.2. The molecule has 9 heteroatoms. The average Bonchev–Trinajstić information content (AvgIpc) is 3.17. The van der Waals surface area contributed by atoms with Crippen LogP contribution in [-0.2, 0) is 6.42 Å². The van der Waals surface area contributed by atoms with Crippen LogP contribution < -0.4 is 19.1 Å². The van der Waals surface area contributed by atoms with Gasteiger partial charge in [-0.2, -0.15) is 4.37 Å². The van der Waals surface area contributed by atoms with Gasteiger partial charge in [0.05, 0.1) is 21.3 Å². The van der Waals surface area contributed by atoms with Crippen LogP contribution in [0.2, 0.25) is 0 Å². The highest BCUT2D eigenvalue weighted by atomic mass is 32.1. The van der Waals surface area contributed by atoms with E-state index in [1.807, 2.05) is 29.2 Å². The largest absolute Gasteiger partial charge is 0.497 e. The molecule has 1 aliphatic rings. The summed E-state index contributed by atoms with van der Waals surface area (Å²) in [5.74, 6) is 2.81. The molecule has 4 rings (SSSR count). The molecule has 0 radical (unpaired) electrons. The number of nitrogens with zero attached hydrogens (tertiary/aromatic N) is 4. The van der Waals surface area contributed by atoms with Crippen molar-refractivity contribution in [3.63, 3.8) is 0 Å². The monoisotopic (exact) mass is 468 g/mol. The molecule has 1 amide bonds. The lowest BCUT2D eigenvalue weighted by Crippen LogP contribution is -2.35. The summed E-state index contributed by atoms with van der Waals surface area (Å²) in [5, 5.41) is 0.894. The Morgan fingerprint density at radius 1 is 0.939 bits per heavy atom. The van der Waals surface area contributed by atoms with Gasteiger partial charge in [0.15, 0.2) is 0 Å². The number of rotatable bonds is 7. The summed E-state index contributed by atoms with van der Waals surface area (Å²) in [6.45, 7) is 2.84. The maximum Gasteiger partial charge on any atom is 0.254 e. The van der Waals surface area contributed by atoms with Crippen molar-refractivity contribution in [3.8, 4) is 17.2 Å². The number of hydrogen-bond acceptors (Lipinski definition) is 8. The van der Waals surface area contributed by atoms with Gasteiger partial charge in [-0.25, -0.2) is 4.98 Å². The first-order valence-corrected chi connectivity index (χ1v) is 11.6. The van der Waals surface area contributed by atoms with E-state index in [0.717, 1.165) is 35.2 Å². The molecule has 0 saturated carbocycles. The predicted octanol–water partition coefficient (Wildman–Crippen LogP) is 3.51. The molecule has 1 aromatic heterocycles. The zero-order valence-corrected chi connectivity index (χ0v) is 19.9. The average molecular weight is 469 g/mol. The molecule has 3 aromatic rings. The minimum atomic E-state index is -0.0231. The second-order valence-corrected chi connectivity index (χ2v) is 8.49. The topological polar surface area (TPSA) is 77.0 Å². The Bertz CT molecular complexity index is 1080. The van der Waals surface area contributed by atoms with Gasteiger partial charge in [0.1, 0.15) is 23.1 Å². The van der Waals surface area contributed by atoms with Gasteiger partial charge < -0.3 is 24.0 Å². The maximum absolute atomic E-state index is 13.2. The molecule has 2 heterocycles. The smallest absolute Gasteiger partial charge is 0.254 e. The fraction of sp³-hybridized carbons (Fsp3) is 0.375. The van der Waals surface area contributed by atoms with E-state index in [1.54, 1.807) is 39.5 Å². The van der Waals surface area contributed by atoms with Gasteiger partial charge >= 0.3 is 0 Å². The van der Waals surface area contributed by atoms with Gasteiger partial charge in [-0.05, 0) is 36.2 Å². The third kappa shape index (κ3) is 5.54. The first-order chi connectivity index (χ1) is 16.1. The summed E-state index contributed by atoms with van der Waals surface area (Å²) in [5.41, 5.74) is 1.68. The van der Waals surface area contributed by atoms with Crippen molar-refractivity contribution in [3.05, 3.63) is 59.4 Å². The number of anilines is 1. The Morgan fingerprint density at radius 2 is 1.70 bits per heavy atom. The van der Waals surface area contributed by atoms with Crippen molar-refractivity contribution < 1.29 is 19.0 Å². The van der Waals surface area contributed by atoms with E-state index in [4.69, 9.17) is 19.2 Å². The van der Waals surface area contributed by atoms with E-state index in [2.05, 4.69) is 9.27 Å². The van der Waals surface area contributed by atoms with E-state index in [9.17, 15) is 4.79 Å². The molecule has 1 aliphatic heterocycles. The third-order valence-electron chi connectivity index (χ3n) is 5.61. The summed E-state index contributed by atoms with van der Waals surface area (Å²) in [4.78, 5) is 22.0. The van der Waals surface area contributed by atoms with Crippen molar-refractivity contribution in [2.24, 2.45) is 0 Å². The molecule has 8 nitrogen and oxygen atoms in total. The Balaban J connectivity index is 1.41. The number of methoxy groups -OCH3 is 3. The van der Waals surface area contributed by atoms with Gasteiger partial charge in [0, 0.05) is 55.8 Å². The predicted molar refractivity (Wildman–Crippen MR) is 128 cm³/mol. The van der Waals surface area contributed by atoms with E-state index >= 15 is 0 Å². The van der Waals surface area contributed by atoms with E-state index in [1.165, 1.54) is 11.5 Å². The first-order valence-electron chi connectivity index (χ1n) is 10.8. The second kappa shape index (κ2) is 10.5. The van der Waals surface area contributed by atoms with E-state index < -0.39 is 0 Å².